The van der Waals surface area contributed by atoms with Crippen LogP contribution in [0.3, 0.4) is 0 Å². The first-order valence-electron chi connectivity index (χ1n) is 6.70. The molecule has 0 radical (unpaired) electrons. The molecule has 102 valence electrons. The van der Waals surface area contributed by atoms with E-state index < -0.39 is 0 Å². The minimum Gasteiger partial charge on any atom is -0.394 e. The molecule has 0 saturated heterocycles. The summed E-state index contributed by atoms with van der Waals surface area (Å²) in [7, 11) is 0. The molecule has 0 aliphatic heterocycles. The third-order valence-electron chi connectivity index (χ3n) is 3.69. The van der Waals surface area contributed by atoms with Crippen LogP contribution in [-0.2, 0) is 0 Å². The van der Waals surface area contributed by atoms with Crippen molar-refractivity contribution in [3.8, 4) is 0 Å². The van der Waals surface area contributed by atoms with Crippen LogP contribution in [0, 0.1) is 5.92 Å². The van der Waals surface area contributed by atoms with E-state index in [1.807, 2.05) is 24.3 Å². The van der Waals surface area contributed by atoms with Gasteiger partial charge in [0.05, 0.1) is 12.1 Å². The zero-order valence-electron chi connectivity index (χ0n) is 11.5. The van der Waals surface area contributed by atoms with Gasteiger partial charge >= 0.3 is 0 Å². The topological polar surface area (TPSA) is 32.3 Å². The Labute approximate surface area is 119 Å². The molecule has 0 amide bonds. The quantitative estimate of drug-likeness (QED) is 0.780. The van der Waals surface area contributed by atoms with Gasteiger partial charge in [0.1, 0.15) is 0 Å². The highest BCUT2D eigenvalue weighted by Gasteiger charge is 2.29. The zero-order valence-corrected chi connectivity index (χ0v) is 13.1. The number of aliphatic hydroxyl groups is 1. The molecule has 1 aromatic carbocycles. The lowest BCUT2D eigenvalue weighted by molar-refractivity contribution is 0.181. The maximum atomic E-state index is 9.80. The van der Waals surface area contributed by atoms with Gasteiger partial charge in [0, 0.05) is 10.2 Å². The number of para-hydroxylation sites is 1. The van der Waals surface area contributed by atoms with Crippen LogP contribution >= 0.6 is 15.9 Å². The van der Waals surface area contributed by atoms with Gasteiger partial charge in [-0.05, 0) is 46.8 Å². The molecule has 0 spiro atoms. The molecule has 3 heteroatoms. The van der Waals surface area contributed by atoms with Gasteiger partial charge in [-0.1, -0.05) is 39.3 Å². The second-order valence-corrected chi connectivity index (χ2v) is 5.97. The number of aliphatic hydroxyl groups excluding tert-OH is 1. The lowest BCUT2D eigenvalue weighted by Crippen LogP contribution is -2.43. The van der Waals surface area contributed by atoms with Crippen LogP contribution in [0.1, 0.15) is 40.0 Å². The van der Waals surface area contributed by atoms with E-state index in [9.17, 15) is 5.11 Å². The third kappa shape index (κ3) is 3.99. The summed E-state index contributed by atoms with van der Waals surface area (Å²) in [6.45, 7) is 6.72. The Balaban J connectivity index is 2.88. The number of hydrogen-bond donors (Lipinski definition) is 2. The van der Waals surface area contributed by atoms with Crippen LogP contribution < -0.4 is 5.32 Å². The average molecular weight is 314 g/mol. The largest absolute Gasteiger partial charge is 0.394 e. The molecule has 0 aliphatic carbocycles. The van der Waals surface area contributed by atoms with Crippen molar-refractivity contribution in [3.63, 3.8) is 0 Å². The molecule has 0 aromatic heterocycles. The van der Waals surface area contributed by atoms with Crippen LogP contribution in [0.15, 0.2) is 28.7 Å². The first-order chi connectivity index (χ1) is 8.56. The molecule has 0 fully saturated rings. The van der Waals surface area contributed by atoms with E-state index in [2.05, 4.69) is 42.0 Å². The van der Waals surface area contributed by atoms with E-state index >= 15 is 0 Å². The van der Waals surface area contributed by atoms with Gasteiger partial charge in [0.15, 0.2) is 0 Å². The van der Waals surface area contributed by atoms with Gasteiger partial charge < -0.3 is 10.4 Å². The highest BCUT2D eigenvalue weighted by atomic mass is 79.9. The van der Waals surface area contributed by atoms with Crippen LogP contribution in [0.2, 0.25) is 0 Å². The first kappa shape index (κ1) is 15.5. The average Bonchev–Trinajstić information content (AvgIpc) is 2.40. The summed E-state index contributed by atoms with van der Waals surface area (Å²) < 4.78 is 1.04. The van der Waals surface area contributed by atoms with E-state index in [0.29, 0.717) is 5.92 Å². The third-order valence-corrected chi connectivity index (χ3v) is 4.38. The van der Waals surface area contributed by atoms with Crippen molar-refractivity contribution < 1.29 is 5.11 Å². The highest BCUT2D eigenvalue weighted by Crippen LogP contribution is 2.30. The molecule has 2 atom stereocenters. The van der Waals surface area contributed by atoms with Gasteiger partial charge in [-0.2, -0.15) is 0 Å². The van der Waals surface area contributed by atoms with Crippen LogP contribution in [0.4, 0.5) is 5.69 Å². The fourth-order valence-electron chi connectivity index (χ4n) is 2.16. The molecule has 2 nitrogen and oxygen atoms in total. The van der Waals surface area contributed by atoms with Crippen molar-refractivity contribution >= 4 is 21.6 Å². The van der Waals surface area contributed by atoms with Gasteiger partial charge in [0.25, 0.3) is 0 Å². The standard InChI is InChI=1S/C15H24BrNO/c1-4-12(3)10-15(5-2,11-18)17-14-9-7-6-8-13(14)16/h6-9,12,17-18H,4-5,10-11H2,1-3H3. The molecule has 0 bridgehead atoms. The Bertz CT molecular complexity index is 363. The van der Waals surface area contributed by atoms with Crippen molar-refractivity contribution in [3.05, 3.63) is 28.7 Å². The van der Waals surface area contributed by atoms with E-state index in [4.69, 9.17) is 0 Å². The van der Waals surface area contributed by atoms with E-state index in [1.54, 1.807) is 0 Å². The molecule has 18 heavy (non-hydrogen) atoms. The summed E-state index contributed by atoms with van der Waals surface area (Å²) in [5.41, 5.74) is 0.830. The van der Waals surface area contributed by atoms with Crippen LogP contribution in [0.25, 0.3) is 0 Å². The fraction of sp³-hybridized carbons (Fsp3) is 0.600. The normalized spacial score (nSPS) is 16.1. The second kappa shape index (κ2) is 7.15. The smallest absolute Gasteiger partial charge is 0.0661 e. The summed E-state index contributed by atoms with van der Waals surface area (Å²) in [5.74, 6) is 0.604. The molecular formula is C15H24BrNO. The molecule has 0 aliphatic rings. The molecule has 1 aromatic rings. The zero-order chi connectivity index (χ0) is 13.6. The summed E-state index contributed by atoms with van der Waals surface area (Å²) >= 11 is 3.55. The number of anilines is 1. The van der Waals surface area contributed by atoms with Gasteiger partial charge in [-0.3, -0.25) is 0 Å². The Morgan fingerprint density at radius 3 is 2.50 bits per heavy atom. The van der Waals surface area contributed by atoms with Crippen molar-refractivity contribution in [2.24, 2.45) is 5.92 Å². The Morgan fingerprint density at radius 2 is 2.00 bits per heavy atom. The minimum absolute atomic E-state index is 0.162. The molecule has 2 N–H and O–H groups in total. The van der Waals surface area contributed by atoms with E-state index in [-0.39, 0.29) is 12.1 Å². The number of hydrogen-bond acceptors (Lipinski definition) is 2. The summed E-state index contributed by atoms with van der Waals surface area (Å²) in [6.07, 6.45) is 3.03. The van der Waals surface area contributed by atoms with Crippen molar-refractivity contribution in [1.82, 2.24) is 0 Å². The lowest BCUT2D eigenvalue weighted by atomic mass is 9.85. The predicted molar refractivity (Wildman–Crippen MR) is 81.9 cm³/mol. The fourth-order valence-corrected chi connectivity index (χ4v) is 2.54. The van der Waals surface area contributed by atoms with Crippen molar-refractivity contribution in [2.75, 3.05) is 11.9 Å². The van der Waals surface area contributed by atoms with Crippen molar-refractivity contribution in [2.45, 2.75) is 45.6 Å². The monoisotopic (exact) mass is 313 g/mol. The molecule has 2 unspecified atom stereocenters. The summed E-state index contributed by atoms with van der Waals surface area (Å²) in [5, 5.41) is 13.3. The van der Waals surface area contributed by atoms with Gasteiger partial charge in [0.2, 0.25) is 0 Å². The SMILES string of the molecule is CCC(C)CC(CC)(CO)Nc1ccccc1Br. The van der Waals surface area contributed by atoms with Crippen LogP contribution in [-0.4, -0.2) is 17.3 Å². The number of rotatable bonds is 7. The summed E-state index contributed by atoms with van der Waals surface area (Å²) in [4.78, 5) is 0. The van der Waals surface area contributed by atoms with Gasteiger partial charge in [-0.15, -0.1) is 0 Å². The first-order valence-corrected chi connectivity index (χ1v) is 7.49. The van der Waals surface area contributed by atoms with E-state index in [1.165, 1.54) is 0 Å². The number of benzene rings is 1. The van der Waals surface area contributed by atoms with E-state index in [0.717, 1.165) is 29.4 Å². The molecule has 0 saturated carbocycles. The summed E-state index contributed by atoms with van der Waals surface area (Å²) in [6, 6.07) is 8.06. The Morgan fingerprint density at radius 1 is 1.33 bits per heavy atom. The maximum Gasteiger partial charge on any atom is 0.0661 e. The molecular weight excluding hydrogens is 290 g/mol. The molecule has 0 heterocycles. The maximum absolute atomic E-state index is 9.80. The van der Waals surface area contributed by atoms with Gasteiger partial charge in [-0.25, -0.2) is 0 Å². The van der Waals surface area contributed by atoms with Crippen molar-refractivity contribution in [1.29, 1.82) is 0 Å². The predicted octanol–water partition coefficient (Wildman–Crippen LogP) is 4.44. The lowest BCUT2D eigenvalue weighted by Gasteiger charge is -2.35. The molecule has 1 rings (SSSR count). The number of halogens is 1. The second-order valence-electron chi connectivity index (χ2n) is 5.11. The minimum atomic E-state index is -0.223. The Hall–Kier alpha value is -0.540. The number of nitrogens with one attached hydrogen (secondary N) is 1. The Kier molecular flexibility index (Phi) is 6.16. The van der Waals surface area contributed by atoms with Crippen LogP contribution in [0.5, 0.6) is 0 Å². The highest BCUT2D eigenvalue weighted by molar-refractivity contribution is 9.10.